The van der Waals surface area contributed by atoms with Crippen LogP contribution in [0.25, 0.3) is 0 Å². The van der Waals surface area contributed by atoms with Crippen LogP contribution in [-0.4, -0.2) is 15.5 Å². The first kappa shape index (κ1) is 9.66. The Morgan fingerprint density at radius 2 is 1.92 bits per heavy atom. The van der Waals surface area contributed by atoms with E-state index in [1.807, 2.05) is 0 Å². The number of hydrogen-bond acceptors (Lipinski definition) is 4. The van der Waals surface area contributed by atoms with Crippen molar-refractivity contribution >= 4 is 11.6 Å². The van der Waals surface area contributed by atoms with Crippen LogP contribution in [0.3, 0.4) is 0 Å². The molecule has 0 amide bonds. The average Bonchev–Trinajstić information content (AvgIpc) is 2.03. The molecule has 7 heteroatoms. The molecular weight excluding hydrogens is 200 g/mol. The third kappa shape index (κ3) is 1.52. The van der Waals surface area contributed by atoms with Gasteiger partial charge in [-0.25, -0.2) is 0 Å². The van der Waals surface area contributed by atoms with E-state index in [1.54, 1.807) is 0 Å². The zero-order valence-electron chi connectivity index (χ0n) is 6.34. The SMILES string of the molecule is O=[N+]([O-])C1([N+](=O)[O-])C=C(Cl)C=CC1. The van der Waals surface area contributed by atoms with Crippen LogP contribution in [0.5, 0.6) is 0 Å². The molecule has 0 fully saturated rings. The van der Waals surface area contributed by atoms with Crippen LogP contribution in [-0.2, 0) is 0 Å². The lowest BCUT2D eigenvalue weighted by atomic mass is 10.0. The van der Waals surface area contributed by atoms with Gasteiger partial charge in [0.2, 0.25) is 0 Å². The van der Waals surface area contributed by atoms with Crippen molar-refractivity contribution in [2.24, 2.45) is 0 Å². The van der Waals surface area contributed by atoms with Crippen molar-refractivity contribution in [2.45, 2.75) is 12.1 Å². The highest BCUT2D eigenvalue weighted by Crippen LogP contribution is 2.26. The maximum absolute atomic E-state index is 10.5. The molecule has 0 bridgehead atoms. The van der Waals surface area contributed by atoms with E-state index in [0.29, 0.717) is 0 Å². The van der Waals surface area contributed by atoms with Crippen LogP contribution in [0, 0.1) is 20.2 Å². The molecular formula is C6H5ClN2O4. The summed E-state index contributed by atoms with van der Waals surface area (Å²) < 4.78 is 0. The van der Waals surface area contributed by atoms with Gasteiger partial charge in [0.1, 0.15) is 16.3 Å². The van der Waals surface area contributed by atoms with Gasteiger partial charge in [0.05, 0.1) is 11.1 Å². The van der Waals surface area contributed by atoms with Gasteiger partial charge in [-0.05, 0) is 6.08 Å². The molecule has 6 nitrogen and oxygen atoms in total. The molecule has 1 aliphatic carbocycles. The Hall–Kier alpha value is -1.43. The van der Waals surface area contributed by atoms with Gasteiger partial charge in [0, 0.05) is 0 Å². The molecule has 0 heterocycles. The van der Waals surface area contributed by atoms with Gasteiger partial charge in [-0.3, -0.25) is 20.2 Å². The molecule has 0 unspecified atom stereocenters. The summed E-state index contributed by atoms with van der Waals surface area (Å²) in [6, 6.07) is 0. The molecule has 0 N–H and O–H groups in total. The summed E-state index contributed by atoms with van der Waals surface area (Å²) in [5.41, 5.74) is -2.29. The van der Waals surface area contributed by atoms with E-state index < -0.39 is 15.5 Å². The lowest BCUT2D eigenvalue weighted by molar-refractivity contribution is -0.780. The van der Waals surface area contributed by atoms with Crippen molar-refractivity contribution in [1.29, 1.82) is 0 Å². The second-order valence-electron chi connectivity index (χ2n) is 2.53. The van der Waals surface area contributed by atoms with Crippen molar-refractivity contribution in [3.8, 4) is 0 Å². The van der Waals surface area contributed by atoms with Gasteiger partial charge in [0.25, 0.3) is 0 Å². The highest BCUT2D eigenvalue weighted by molar-refractivity contribution is 6.31. The van der Waals surface area contributed by atoms with E-state index in [4.69, 9.17) is 11.6 Å². The van der Waals surface area contributed by atoms with Gasteiger partial charge in [-0.15, -0.1) is 0 Å². The molecule has 0 aliphatic heterocycles. The minimum absolute atomic E-state index is 0.0136. The zero-order chi connectivity index (χ0) is 10.1. The fourth-order valence-corrected chi connectivity index (χ4v) is 1.26. The highest BCUT2D eigenvalue weighted by Gasteiger charge is 2.54. The predicted molar refractivity (Wildman–Crippen MR) is 44.4 cm³/mol. The van der Waals surface area contributed by atoms with Crippen LogP contribution < -0.4 is 0 Å². The Labute approximate surface area is 77.8 Å². The van der Waals surface area contributed by atoms with E-state index in [1.165, 1.54) is 12.2 Å². The Kier molecular flexibility index (Phi) is 2.33. The van der Waals surface area contributed by atoms with Crippen LogP contribution in [0.15, 0.2) is 23.3 Å². The summed E-state index contributed by atoms with van der Waals surface area (Å²) in [7, 11) is 0. The zero-order valence-corrected chi connectivity index (χ0v) is 7.10. The predicted octanol–water partition coefficient (Wildman–Crippen LogP) is 1.32. The molecule has 1 aliphatic rings. The molecule has 0 saturated heterocycles. The van der Waals surface area contributed by atoms with Gasteiger partial charge in [0.15, 0.2) is 0 Å². The van der Waals surface area contributed by atoms with Crippen molar-refractivity contribution in [2.75, 3.05) is 0 Å². The topological polar surface area (TPSA) is 86.3 Å². The summed E-state index contributed by atoms with van der Waals surface area (Å²) in [5, 5.41) is 21.0. The molecule has 0 aromatic heterocycles. The Bertz CT molecular complexity index is 309. The Morgan fingerprint density at radius 1 is 1.38 bits per heavy atom. The average molecular weight is 205 g/mol. The third-order valence-electron chi connectivity index (χ3n) is 1.70. The maximum atomic E-state index is 10.5. The second kappa shape index (κ2) is 3.14. The molecule has 0 atom stereocenters. The minimum atomic E-state index is -2.29. The Balaban J connectivity index is 3.15. The number of halogens is 1. The number of rotatable bonds is 2. The van der Waals surface area contributed by atoms with Crippen molar-refractivity contribution in [1.82, 2.24) is 0 Å². The monoisotopic (exact) mass is 204 g/mol. The third-order valence-corrected chi connectivity index (χ3v) is 1.93. The molecule has 0 aromatic rings. The van der Waals surface area contributed by atoms with E-state index in [0.717, 1.165) is 6.08 Å². The lowest BCUT2D eigenvalue weighted by Gasteiger charge is -2.14. The number of allylic oxidation sites excluding steroid dienone is 2. The first-order valence-corrected chi connectivity index (χ1v) is 3.71. The summed E-state index contributed by atoms with van der Waals surface area (Å²) in [6.07, 6.45) is 3.28. The molecule has 1 rings (SSSR count). The van der Waals surface area contributed by atoms with Gasteiger partial charge in [-0.1, -0.05) is 17.7 Å². The first-order valence-electron chi connectivity index (χ1n) is 3.33. The summed E-state index contributed by atoms with van der Waals surface area (Å²) in [6.45, 7) is 0. The lowest BCUT2D eigenvalue weighted by Crippen LogP contribution is -2.44. The number of nitrogens with zero attached hydrogens (tertiary/aromatic N) is 2. The van der Waals surface area contributed by atoms with Gasteiger partial charge in [-0.2, -0.15) is 0 Å². The quantitative estimate of drug-likeness (QED) is 0.386. The van der Waals surface area contributed by atoms with E-state index in [-0.39, 0.29) is 11.5 Å². The minimum Gasteiger partial charge on any atom is -0.258 e. The molecule has 70 valence electrons. The second-order valence-corrected chi connectivity index (χ2v) is 2.96. The van der Waals surface area contributed by atoms with Crippen molar-refractivity contribution in [3.05, 3.63) is 43.5 Å². The van der Waals surface area contributed by atoms with Crippen molar-refractivity contribution in [3.63, 3.8) is 0 Å². The summed E-state index contributed by atoms with van der Waals surface area (Å²) >= 11 is 5.45. The number of hydrogen-bond donors (Lipinski definition) is 0. The molecule has 0 saturated carbocycles. The maximum Gasteiger partial charge on any atom is 0.482 e. The van der Waals surface area contributed by atoms with E-state index >= 15 is 0 Å². The summed E-state index contributed by atoms with van der Waals surface area (Å²) in [4.78, 5) is 19.1. The fourth-order valence-electron chi connectivity index (χ4n) is 0.994. The normalized spacial score (nSPS) is 19.3. The van der Waals surface area contributed by atoms with Gasteiger partial charge < -0.3 is 0 Å². The molecule has 0 aromatic carbocycles. The summed E-state index contributed by atoms with van der Waals surface area (Å²) in [5.74, 6) is 0. The van der Waals surface area contributed by atoms with Crippen LogP contribution >= 0.6 is 11.6 Å². The standard InChI is InChI=1S/C6H5ClN2O4/c7-5-2-1-3-6(4-5,8(10)11)9(12)13/h1-2,4H,3H2. The highest BCUT2D eigenvalue weighted by atomic mass is 35.5. The van der Waals surface area contributed by atoms with E-state index in [2.05, 4.69) is 0 Å². The first-order chi connectivity index (χ1) is 5.99. The van der Waals surface area contributed by atoms with Gasteiger partial charge >= 0.3 is 5.66 Å². The molecule has 0 radical (unpaired) electrons. The number of nitro groups is 2. The largest absolute Gasteiger partial charge is 0.482 e. The van der Waals surface area contributed by atoms with Crippen LogP contribution in [0.2, 0.25) is 0 Å². The smallest absolute Gasteiger partial charge is 0.258 e. The molecule has 0 spiro atoms. The van der Waals surface area contributed by atoms with E-state index in [9.17, 15) is 20.2 Å². The van der Waals surface area contributed by atoms with Crippen molar-refractivity contribution < 1.29 is 9.85 Å². The van der Waals surface area contributed by atoms with Crippen LogP contribution in [0.4, 0.5) is 0 Å². The van der Waals surface area contributed by atoms with Crippen LogP contribution in [0.1, 0.15) is 6.42 Å². The fraction of sp³-hybridized carbons (Fsp3) is 0.333. The Morgan fingerprint density at radius 3 is 2.23 bits per heavy atom. The molecule has 13 heavy (non-hydrogen) atoms.